The summed E-state index contributed by atoms with van der Waals surface area (Å²) in [6.45, 7) is 0. The van der Waals surface area contributed by atoms with Gasteiger partial charge in [-0.2, -0.15) is 0 Å². The van der Waals surface area contributed by atoms with Crippen molar-refractivity contribution in [1.29, 1.82) is 0 Å². The topological polar surface area (TPSA) is 75.0 Å². The number of anilines is 2. The number of H-pyrrole nitrogens is 1. The number of benzene rings is 1. The summed E-state index contributed by atoms with van der Waals surface area (Å²) >= 11 is 0. The SMILES string of the molecule is CN(C(=O)c1c[nH]c2ccccc12)c1ccc(N)cn1. The van der Waals surface area contributed by atoms with Crippen LogP contribution in [0.25, 0.3) is 10.9 Å². The van der Waals surface area contributed by atoms with Gasteiger partial charge in [0.15, 0.2) is 0 Å². The molecule has 3 N–H and O–H groups in total. The van der Waals surface area contributed by atoms with Gasteiger partial charge in [-0.1, -0.05) is 18.2 Å². The molecule has 5 heteroatoms. The second kappa shape index (κ2) is 4.70. The lowest BCUT2D eigenvalue weighted by Crippen LogP contribution is -2.26. The van der Waals surface area contributed by atoms with Gasteiger partial charge in [0, 0.05) is 24.1 Å². The standard InChI is InChI=1S/C15H14N4O/c1-19(14-7-6-10(16)8-18-14)15(20)12-9-17-13-5-3-2-4-11(12)13/h2-9,17H,16H2,1H3. The van der Waals surface area contributed by atoms with Crippen molar-refractivity contribution in [3.63, 3.8) is 0 Å². The zero-order valence-corrected chi connectivity index (χ0v) is 11.0. The second-order valence-corrected chi connectivity index (χ2v) is 4.56. The highest BCUT2D eigenvalue weighted by Crippen LogP contribution is 2.21. The molecule has 0 atom stereocenters. The summed E-state index contributed by atoms with van der Waals surface area (Å²) in [6.07, 6.45) is 3.26. The number of nitrogens with one attached hydrogen (secondary N) is 1. The summed E-state index contributed by atoms with van der Waals surface area (Å²) in [5, 5.41) is 0.903. The summed E-state index contributed by atoms with van der Waals surface area (Å²) in [4.78, 5) is 21.3. The molecule has 3 rings (SSSR count). The number of hydrogen-bond donors (Lipinski definition) is 2. The van der Waals surface area contributed by atoms with Crippen molar-refractivity contribution < 1.29 is 4.79 Å². The zero-order chi connectivity index (χ0) is 14.1. The molecule has 0 radical (unpaired) electrons. The van der Waals surface area contributed by atoms with Gasteiger partial charge in [0.25, 0.3) is 5.91 Å². The van der Waals surface area contributed by atoms with Crippen molar-refractivity contribution in [2.45, 2.75) is 0 Å². The van der Waals surface area contributed by atoms with Crippen molar-refractivity contribution in [1.82, 2.24) is 9.97 Å². The van der Waals surface area contributed by atoms with Gasteiger partial charge < -0.3 is 10.7 Å². The third-order valence-corrected chi connectivity index (χ3v) is 3.24. The van der Waals surface area contributed by atoms with Gasteiger partial charge >= 0.3 is 0 Å². The lowest BCUT2D eigenvalue weighted by atomic mass is 10.1. The fourth-order valence-electron chi connectivity index (χ4n) is 2.13. The summed E-state index contributed by atoms with van der Waals surface area (Å²) in [5.74, 6) is 0.453. The molecule has 100 valence electrons. The number of aromatic amines is 1. The van der Waals surface area contributed by atoms with E-state index in [1.165, 1.54) is 11.1 Å². The number of nitrogens with zero attached hydrogens (tertiary/aromatic N) is 2. The maximum absolute atomic E-state index is 12.5. The van der Waals surface area contributed by atoms with Crippen LogP contribution in [0.5, 0.6) is 0 Å². The summed E-state index contributed by atoms with van der Waals surface area (Å²) in [5.41, 5.74) is 7.74. The number of para-hydroxylation sites is 1. The normalized spacial score (nSPS) is 10.7. The van der Waals surface area contributed by atoms with E-state index in [1.807, 2.05) is 24.3 Å². The molecule has 0 saturated heterocycles. The molecule has 20 heavy (non-hydrogen) atoms. The minimum atomic E-state index is -0.111. The van der Waals surface area contributed by atoms with Crippen LogP contribution in [0, 0.1) is 0 Å². The average Bonchev–Trinajstić information content (AvgIpc) is 2.90. The number of pyridine rings is 1. The minimum absolute atomic E-state index is 0.111. The number of amides is 1. The van der Waals surface area contributed by atoms with Gasteiger partial charge in [0.2, 0.25) is 0 Å². The van der Waals surface area contributed by atoms with Gasteiger partial charge in [0.05, 0.1) is 17.4 Å². The molecule has 3 aromatic rings. The highest BCUT2D eigenvalue weighted by molar-refractivity contribution is 6.13. The Balaban J connectivity index is 1.97. The van der Waals surface area contributed by atoms with Crippen LogP contribution in [-0.2, 0) is 0 Å². The summed E-state index contributed by atoms with van der Waals surface area (Å²) in [7, 11) is 1.70. The first-order valence-electron chi connectivity index (χ1n) is 6.22. The van der Waals surface area contributed by atoms with Crippen molar-refractivity contribution in [2.75, 3.05) is 17.7 Å². The van der Waals surface area contributed by atoms with E-state index >= 15 is 0 Å². The Hall–Kier alpha value is -2.82. The van der Waals surface area contributed by atoms with E-state index in [2.05, 4.69) is 9.97 Å². The average molecular weight is 266 g/mol. The number of rotatable bonds is 2. The maximum Gasteiger partial charge on any atom is 0.261 e. The summed E-state index contributed by atoms with van der Waals surface area (Å²) < 4.78 is 0. The molecule has 1 amide bonds. The predicted octanol–water partition coefficient (Wildman–Crippen LogP) is 2.42. The monoisotopic (exact) mass is 266 g/mol. The van der Waals surface area contributed by atoms with E-state index in [0.717, 1.165) is 10.9 Å². The first-order chi connectivity index (χ1) is 9.66. The fraction of sp³-hybridized carbons (Fsp3) is 0.0667. The smallest absolute Gasteiger partial charge is 0.261 e. The molecule has 0 fully saturated rings. The van der Waals surface area contributed by atoms with Crippen LogP contribution in [0.3, 0.4) is 0 Å². The molecule has 0 bridgehead atoms. The van der Waals surface area contributed by atoms with Gasteiger partial charge in [0.1, 0.15) is 5.82 Å². The lowest BCUT2D eigenvalue weighted by Gasteiger charge is -2.15. The molecule has 0 spiro atoms. The molecule has 2 heterocycles. The third kappa shape index (κ3) is 1.99. The molecule has 0 aliphatic heterocycles. The number of fused-ring (bicyclic) bond motifs is 1. The van der Waals surface area contributed by atoms with E-state index in [4.69, 9.17) is 5.73 Å². The van der Waals surface area contributed by atoms with Gasteiger partial charge in [-0.25, -0.2) is 4.98 Å². The first kappa shape index (κ1) is 12.2. The largest absolute Gasteiger partial charge is 0.397 e. The summed E-state index contributed by atoms with van der Waals surface area (Å²) in [6, 6.07) is 11.1. The van der Waals surface area contributed by atoms with E-state index in [1.54, 1.807) is 25.4 Å². The van der Waals surface area contributed by atoms with Crippen LogP contribution in [0.4, 0.5) is 11.5 Å². The fourth-order valence-corrected chi connectivity index (χ4v) is 2.13. The Bertz CT molecular complexity index is 761. The van der Waals surface area contributed by atoms with E-state index < -0.39 is 0 Å². The van der Waals surface area contributed by atoms with Crippen molar-refractivity contribution in [3.05, 3.63) is 54.4 Å². The van der Waals surface area contributed by atoms with Crippen LogP contribution >= 0.6 is 0 Å². The number of hydrogen-bond acceptors (Lipinski definition) is 3. The molecule has 2 aromatic heterocycles. The Morgan fingerprint density at radius 2 is 2.05 bits per heavy atom. The van der Waals surface area contributed by atoms with Crippen LogP contribution in [-0.4, -0.2) is 22.9 Å². The van der Waals surface area contributed by atoms with Crippen LogP contribution in [0.1, 0.15) is 10.4 Å². The number of carbonyl (C=O) groups excluding carboxylic acids is 1. The van der Waals surface area contributed by atoms with E-state index in [0.29, 0.717) is 17.1 Å². The molecule has 0 aliphatic rings. The van der Waals surface area contributed by atoms with Crippen molar-refractivity contribution in [2.24, 2.45) is 0 Å². The first-order valence-corrected chi connectivity index (χ1v) is 6.22. The molecule has 0 unspecified atom stereocenters. The molecule has 1 aromatic carbocycles. The Morgan fingerprint density at radius 3 is 2.80 bits per heavy atom. The number of carbonyl (C=O) groups is 1. The molecular weight excluding hydrogens is 252 g/mol. The Morgan fingerprint density at radius 1 is 1.25 bits per heavy atom. The highest BCUT2D eigenvalue weighted by atomic mass is 16.2. The Labute approximate surface area is 116 Å². The third-order valence-electron chi connectivity index (χ3n) is 3.24. The minimum Gasteiger partial charge on any atom is -0.397 e. The molecule has 5 nitrogen and oxygen atoms in total. The lowest BCUT2D eigenvalue weighted by molar-refractivity contribution is 0.0994. The quantitative estimate of drug-likeness (QED) is 0.748. The highest BCUT2D eigenvalue weighted by Gasteiger charge is 2.17. The molecule has 0 aliphatic carbocycles. The molecular formula is C15H14N4O. The van der Waals surface area contributed by atoms with Crippen LogP contribution < -0.4 is 10.6 Å². The van der Waals surface area contributed by atoms with Gasteiger partial charge in [-0.3, -0.25) is 9.69 Å². The second-order valence-electron chi connectivity index (χ2n) is 4.56. The van der Waals surface area contributed by atoms with Crippen molar-refractivity contribution in [3.8, 4) is 0 Å². The Kier molecular flexibility index (Phi) is 2.87. The van der Waals surface area contributed by atoms with Crippen molar-refractivity contribution >= 4 is 28.3 Å². The van der Waals surface area contributed by atoms with E-state index in [9.17, 15) is 4.79 Å². The number of nitrogen functional groups attached to an aromatic ring is 1. The maximum atomic E-state index is 12.5. The van der Waals surface area contributed by atoms with Crippen LogP contribution in [0.2, 0.25) is 0 Å². The van der Waals surface area contributed by atoms with Gasteiger partial charge in [-0.15, -0.1) is 0 Å². The predicted molar refractivity (Wildman–Crippen MR) is 79.7 cm³/mol. The van der Waals surface area contributed by atoms with Gasteiger partial charge in [-0.05, 0) is 18.2 Å². The van der Waals surface area contributed by atoms with Crippen LogP contribution in [0.15, 0.2) is 48.8 Å². The zero-order valence-electron chi connectivity index (χ0n) is 11.0. The number of aromatic nitrogens is 2. The van der Waals surface area contributed by atoms with E-state index in [-0.39, 0.29) is 5.91 Å². The number of nitrogens with two attached hydrogens (primary N) is 1. The molecule has 0 saturated carbocycles.